The van der Waals surface area contributed by atoms with Crippen LogP contribution in [-0.4, -0.2) is 45.7 Å². The predicted octanol–water partition coefficient (Wildman–Crippen LogP) is 2.35. The van der Waals surface area contributed by atoms with Gasteiger partial charge in [-0.05, 0) is 25.7 Å². The van der Waals surface area contributed by atoms with E-state index in [1.807, 2.05) is 0 Å². The molecule has 0 aliphatic rings. The zero-order chi connectivity index (χ0) is 11.7. The number of nitrogens with one attached hydrogen (secondary N) is 1. The number of rotatable bonds is 9. The molecule has 0 aliphatic heterocycles. The van der Waals surface area contributed by atoms with Crippen LogP contribution in [0.5, 0.6) is 0 Å². The van der Waals surface area contributed by atoms with E-state index in [0.29, 0.717) is 0 Å². The maximum absolute atomic E-state index is 3.94. The highest BCUT2D eigenvalue weighted by atomic mass is 28.3. The second kappa shape index (κ2) is 8.08. The molecule has 0 aromatic heterocycles. The molecule has 0 aromatic carbocycles. The fourth-order valence-electron chi connectivity index (χ4n) is 1.39. The van der Waals surface area contributed by atoms with E-state index < -0.39 is 8.07 Å². The first-order chi connectivity index (χ1) is 7.05. The lowest BCUT2D eigenvalue weighted by molar-refractivity contribution is 0.302. The Morgan fingerprint density at radius 1 is 1.27 bits per heavy atom. The normalized spacial score (nSPS) is 12.1. The van der Waals surface area contributed by atoms with E-state index >= 15 is 0 Å². The average Bonchev–Trinajstić information content (AvgIpc) is 2.23. The van der Waals surface area contributed by atoms with Crippen molar-refractivity contribution in [2.75, 3.05) is 32.7 Å². The summed E-state index contributed by atoms with van der Waals surface area (Å²) in [5.41, 5.74) is 2.20. The zero-order valence-electron chi connectivity index (χ0n) is 11.0. The molecule has 0 heterocycles. The van der Waals surface area contributed by atoms with Crippen LogP contribution in [0.2, 0.25) is 19.1 Å². The van der Waals surface area contributed by atoms with Crippen LogP contribution in [-0.2, 0) is 0 Å². The summed E-state index contributed by atoms with van der Waals surface area (Å²) in [6.07, 6.45) is 0. The molecule has 0 atom stereocenters. The van der Waals surface area contributed by atoms with Crippen LogP contribution in [0.4, 0.5) is 0 Å². The second-order valence-corrected chi connectivity index (χ2v) is 9.62. The monoisotopic (exact) mass is 228 g/mol. The topological polar surface area (TPSA) is 15.3 Å². The molecule has 0 rings (SSSR count). The Balaban J connectivity index is 3.74. The predicted molar refractivity (Wildman–Crippen MR) is 73.1 cm³/mol. The van der Waals surface area contributed by atoms with E-state index in [4.69, 9.17) is 0 Å². The Kier molecular flexibility index (Phi) is 8.01. The van der Waals surface area contributed by atoms with Gasteiger partial charge in [-0.2, -0.15) is 0 Å². The van der Waals surface area contributed by atoms with Gasteiger partial charge in [-0.3, -0.25) is 0 Å². The van der Waals surface area contributed by atoms with Crippen LogP contribution in [0.25, 0.3) is 0 Å². The van der Waals surface area contributed by atoms with Gasteiger partial charge in [-0.25, -0.2) is 0 Å². The van der Waals surface area contributed by atoms with Gasteiger partial charge in [0.25, 0.3) is 0 Å². The van der Waals surface area contributed by atoms with E-state index in [2.05, 4.69) is 49.4 Å². The van der Waals surface area contributed by atoms with E-state index in [1.54, 1.807) is 0 Å². The van der Waals surface area contributed by atoms with Crippen LogP contribution in [0.1, 0.15) is 13.8 Å². The summed E-state index contributed by atoms with van der Waals surface area (Å²) in [7, 11) is -1.10. The van der Waals surface area contributed by atoms with Gasteiger partial charge in [0.1, 0.15) is 0 Å². The summed E-state index contributed by atoms with van der Waals surface area (Å²) in [6, 6.07) is 1.33. The van der Waals surface area contributed by atoms with Gasteiger partial charge in [0.2, 0.25) is 0 Å². The van der Waals surface area contributed by atoms with Crippen molar-refractivity contribution in [1.82, 2.24) is 10.2 Å². The summed E-state index contributed by atoms with van der Waals surface area (Å²) in [6.45, 7) is 18.9. The van der Waals surface area contributed by atoms with Crippen LogP contribution >= 0.6 is 0 Å². The van der Waals surface area contributed by atoms with Crippen molar-refractivity contribution in [3.63, 3.8) is 0 Å². The summed E-state index contributed by atoms with van der Waals surface area (Å²) in [5.74, 6) is 0. The van der Waals surface area contributed by atoms with Crippen molar-refractivity contribution in [3.05, 3.63) is 12.3 Å². The number of hydrogen-bond acceptors (Lipinski definition) is 2. The molecule has 0 spiro atoms. The van der Waals surface area contributed by atoms with Gasteiger partial charge < -0.3 is 10.2 Å². The number of likely N-dealkylation sites (N-methyl/N-ethyl adjacent to an activating group) is 2. The van der Waals surface area contributed by atoms with E-state index in [9.17, 15) is 0 Å². The summed E-state index contributed by atoms with van der Waals surface area (Å²) >= 11 is 0. The van der Waals surface area contributed by atoms with E-state index in [-0.39, 0.29) is 0 Å². The first-order valence-electron chi connectivity index (χ1n) is 6.12. The minimum Gasteiger partial charge on any atom is -0.316 e. The Bertz CT molecular complexity index is 169. The first kappa shape index (κ1) is 14.9. The molecular weight excluding hydrogens is 200 g/mol. The highest BCUT2D eigenvalue weighted by molar-refractivity contribution is 6.82. The maximum atomic E-state index is 3.94. The third-order valence-electron chi connectivity index (χ3n) is 2.93. The SMILES string of the molecule is C=C[Si](C)(C)CCN(CC)CCNCC. The second-order valence-electron chi connectivity index (χ2n) is 4.73. The molecule has 0 bridgehead atoms. The summed E-state index contributed by atoms with van der Waals surface area (Å²) < 4.78 is 0. The molecule has 0 unspecified atom stereocenters. The van der Waals surface area contributed by atoms with Gasteiger partial charge in [-0.15, -0.1) is 12.3 Å². The molecule has 15 heavy (non-hydrogen) atoms. The minimum atomic E-state index is -1.10. The fourth-order valence-corrected chi connectivity index (χ4v) is 2.49. The van der Waals surface area contributed by atoms with Gasteiger partial charge in [0.05, 0.1) is 8.07 Å². The van der Waals surface area contributed by atoms with Crippen LogP contribution in [0.3, 0.4) is 0 Å². The molecule has 0 aromatic rings. The molecular formula is C12H28N2Si. The summed E-state index contributed by atoms with van der Waals surface area (Å²) in [4.78, 5) is 2.53. The maximum Gasteiger partial charge on any atom is 0.0722 e. The van der Waals surface area contributed by atoms with Gasteiger partial charge in [0.15, 0.2) is 0 Å². The molecule has 0 fully saturated rings. The van der Waals surface area contributed by atoms with E-state index in [0.717, 1.165) is 19.6 Å². The molecule has 0 saturated carbocycles. The first-order valence-corrected chi connectivity index (χ1v) is 9.40. The highest BCUT2D eigenvalue weighted by Gasteiger charge is 2.16. The molecule has 3 heteroatoms. The van der Waals surface area contributed by atoms with Crippen molar-refractivity contribution >= 4 is 8.07 Å². The van der Waals surface area contributed by atoms with Crippen molar-refractivity contribution in [1.29, 1.82) is 0 Å². The van der Waals surface area contributed by atoms with Crippen molar-refractivity contribution in [3.8, 4) is 0 Å². The molecule has 2 nitrogen and oxygen atoms in total. The highest BCUT2D eigenvalue weighted by Crippen LogP contribution is 2.10. The standard InChI is InChI=1S/C12H28N2Si/c1-6-13-9-10-14(7-2)11-12-15(4,5)8-3/h8,13H,3,6-7,9-12H2,1-2,4-5H3. The zero-order valence-corrected chi connectivity index (χ0v) is 12.0. The molecule has 0 saturated heterocycles. The van der Waals surface area contributed by atoms with Crippen LogP contribution in [0, 0.1) is 0 Å². The Hall–Kier alpha value is -0.123. The molecule has 0 aliphatic carbocycles. The van der Waals surface area contributed by atoms with Crippen molar-refractivity contribution in [2.45, 2.75) is 33.0 Å². The Morgan fingerprint density at radius 2 is 1.93 bits per heavy atom. The largest absolute Gasteiger partial charge is 0.316 e. The lowest BCUT2D eigenvalue weighted by Crippen LogP contribution is -2.36. The Labute approximate surface area is 96.8 Å². The van der Waals surface area contributed by atoms with Crippen molar-refractivity contribution in [2.24, 2.45) is 0 Å². The average molecular weight is 228 g/mol. The fraction of sp³-hybridized carbons (Fsp3) is 0.833. The third-order valence-corrected chi connectivity index (χ3v) is 5.54. The molecule has 1 N–H and O–H groups in total. The number of nitrogens with zero attached hydrogens (tertiary/aromatic N) is 1. The van der Waals surface area contributed by atoms with Crippen LogP contribution < -0.4 is 5.32 Å². The lowest BCUT2D eigenvalue weighted by atomic mass is 10.4. The smallest absolute Gasteiger partial charge is 0.0722 e. The van der Waals surface area contributed by atoms with E-state index in [1.165, 1.54) is 19.1 Å². The van der Waals surface area contributed by atoms with Gasteiger partial charge in [0, 0.05) is 13.1 Å². The van der Waals surface area contributed by atoms with Gasteiger partial charge in [-0.1, -0.05) is 26.9 Å². The number of hydrogen-bond donors (Lipinski definition) is 1. The van der Waals surface area contributed by atoms with Crippen LogP contribution in [0.15, 0.2) is 12.3 Å². The minimum absolute atomic E-state index is 1.07. The molecule has 0 amide bonds. The molecule has 90 valence electrons. The van der Waals surface area contributed by atoms with Gasteiger partial charge >= 0.3 is 0 Å². The lowest BCUT2D eigenvalue weighted by Gasteiger charge is -2.25. The summed E-state index contributed by atoms with van der Waals surface area (Å²) in [5, 5.41) is 3.37. The quantitative estimate of drug-likeness (QED) is 0.481. The van der Waals surface area contributed by atoms with Crippen molar-refractivity contribution < 1.29 is 0 Å². The Morgan fingerprint density at radius 3 is 2.40 bits per heavy atom. The third kappa shape index (κ3) is 7.77. The molecule has 0 radical (unpaired) electrons.